The summed E-state index contributed by atoms with van der Waals surface area (Å²) in [7, 11) is 0. The normalized spacial score (nSPS) is 20.9. The van der Waals surface area contributed by atoms with Gasteiger partial charge in [-0.1, -0.05) is 24.8 Å². The van der Waals surface area contributed by atoms with Gasteiger partial charge in [0.1, 0.15) is 0 Å². The number of hydrogen-bond acceptors (Lipinski definition) is 6. The highest BCUT2D eigenvalue weighted by Crippen LogP contribution is 2.33. The van der Waals surface area contributed by atoms with Crippen LogP contribution in [0.25, 0.3) is 5.57 Å². The van der Waals surface area contributed by atoms with Crippen molar-refractivity contribution in [2.24, 2.45) is 0 Å². The van der Waals surface area contributed by atoms with Crippen LogP contribution in [0.15, 0.2) is 53.4 Å². The summed E-state index contributed by atoms with van der Waals surface area (Å²) in [5, 5.41) is 3.03. The molecule has 1 aromatic carbocycles. The van der Waals surface area contributed by atoms with Crippen molar-refractivity contribution in [2.45, 2.75) is 78.6 Å². The molecule has 236 valence electrons. The number of H-pyrrole nitrogens is 1. The van der Waals surface area contributed by atoms with Gasteiger partial charge in [-0.25, -0.2) is 0 Å². The van der Waals surface area contributed by atoms with Crippen molar-refractivity contribution in [3.63, 3.8) is 0 Å². The molecule has 3 fully saturated rings. The standard InChI is InChI=1S/C36H48N4O4/c1-7-27(20-39-21-31-18-30(39)22-44-31)10-9-23(3)28-16-32(35(41)37-19-33-24(4)15-25(5)38-36(33)42)26(6)34(17-28)40(8-2)29-11-13-43-14-12-29/h7,9-10,15-17,29-31H,3,8,11-14,18-22H2,1-2,4-6H3,(H,37,41)(H,38,42)/b10-9-,27-7+/t30?,31-/m0/s1. The average molecular weight is 601 g/mol. The number of pyridine rings is 1. The first-order chi connectivity index (χ1) is 21.2. The van der Waals surface area contributed by atoms with Crippen LogP contribution in [0.5, 0.6) is 0 Å². The van der Waals surface area contributed by atoms with Gasteiger partial charge >= 0.3 is 0 Å². The molecule has 44 heavy (non-hydrogen) atoms. The molecule has 2 bridgehead atoms. The van der Waals surface area contributed by atoms with E-state index in [1.807, 2.05) is 32.9 Å². The van der Waals surface area contributed by atoms with Gasteiger partial charge in [-0.05, 0) is 99.9 Å². The molecule has 1 amide bonds. The Morgan fingerprint density at radius 2 is 1.95 bits per heavy atom. The van der Waals surface area contributed by atoms with Crippen LogP contribution < -0.4 is 15.8 Å². The highest BCUT2D eigenvalue weighted by molar-refractivity contribution is 5.98. The maximum Gasteiger partial charge on any atom is 0.253 e. The maximum absolute atomic E-state index is 13.8. The van der Waals surface area contributed by atoms with Crippen molar-refractivity contribution >= 4 is 17.2 Å². The number of anilines is 1. The van der Waals surface area contributed by atoms with Crippen molar-refractivity contribution in [3.05, 3.63) is 92.4 Å². The van der Waals surface area contributed by atoms with E-state index in [4.69, 9.17) is 9.47 Å². The van der Waals surface area contributed by atoms with Crippen LogP contribution in [0.2, 0.25) is 0 Å². The molecule has 3 aliphatic rings. The van der Waals surface area contributed by atoms with Crippen molar-refractivity contribution in [1.82, 2.24) is 15.2 Å². The predicted octanol–water partition coefficient (Wildman–Crippen LogP) is 5.22. The SMILES string of the molecule is C=C(/C=C\C(=C/C)CN1C[C@@H]2CC1CO2)c1cc(C(=O)NCc2c(C)cc(C)[nH]c2=O)c(C)c(N(CC)C2CCOCC2)c1. The zero-order valence-electron chi connectivity index (χ0n) is 27.0. The van der Waals surface area contributed by atoms with Crippen LogP contribution in [0.3, 0.4) is 0 Å². The zero-order valence-corrected chi connectivity index (χ0v) is 27.0. The van der Waals surface area contributed by atoms with Crippen LogP contribution >= 0.6 is 0 Å². The van der Waals surface area contributed by atoms with Crippen molar-refractivity contribution in [3.8, 4) is 0 Å². The van der Waals surface area contributed by atoms with E-state index in [9.17, 15) is 9.59 Å². The summed E-state index contributed by atoms with van der Waals surface area (Å²) in [6, 6.07) is 6.90. The summed E-state index contributed by atoms with van der Waals surface area (Å²) in [6.45, 7) is 19.6. The first kappa shape index (κ1) is 31.9. The van der Waals surface area contributed by atoms with Crippen molar-refractivity contribution in [1.29, 1.82) is 0 Å². The topological polar surface area (TPSA) is 86.9 Å². The lowest BCUT2D eigenvalue weighted by molar-refractivity contribution is 0.0348. The molecule has 0 aliphatic carbocycles. The third-order valence-electron chi connectivity index (χ3n) is 9.47. The van der Waals surface area contributed by atoms with Gasteiger partial charge < -0.3 is 24.7 Å². The molecule has 0 radical (unpaired) electrons. The molecule has 1 aromatic heterocycles. The van der Waals surface area contributed by atoms with Gasteiger partial charge in [0.15, 0.2) is 0 Å². The number of carbonyl (C=O) groups is 1. The lowest BCUT2D eigenvalue weighted by atomic mass is 9.95. The molecule has 4 heterocycles. The smallest absolute Gasteiger partial charge is 0.253 e. The second kappa shape index (κ2) is 14.1. The number of morpholine rings is 1. The van der Waals surface area contributed by atoms with Crippen LogP contribution in [-0.2, 0) is 16.0 Å². The number of aromatic nitrogens is 1. The van der Waals surface area contributed by atoms with Gasteiger partial charge in [-0.2, -0.15) is 0 Å². The van der Waals surface area contributed by atoms with Crippen molar-refractivity contribution < 1.29 is 14.3 Å². The molecule has 0 saturated carbocycles. The number of fused-ring (bicyclic) bond motifs is 2. The Kier molecular flexibility index (Phi) is 10.2. The number of carbonyl (C=O) groups excluding carboxylic acids is 1. The summed E-state index contributed by atoms with van der Waals surface area (Å²) in [5.41, 5.74) is 7.62. The third kappa shape index (κ3) is 7.09. The molecular weight excluding hydrogens is 552 g/mol. The molecule has 8 nitrogen and oxygen atoms in total. The minimum absolute atomic E-state index is 0.158. The largest absolute Gasteiger partial charge is 0.381 e. The number of aryl methyl sites for hydroxylation is 2. The van der Waals surface area contributed by atoms with E-state index < -0.39 is 0 Å². The Bertz CT molecular complexity index is 1500. The number of amides is 1. The quantitative estimate of drug-likeness (QED) is 0.344. The molecule has 3 saturated heterocycles. The molecule has 1 unspecified atom stereocenters. The molecule has 0 spiro atoms. The van der Waals surface area contributed by atoms with E-state index in [2.05, 4.69) is 64.8 Å². The molecule has 8 heteroatoms. The second-order valence-corrected chi connectivity index (χ2v) is 12.4. The van der Waals surface area contributed by atoms with E-state index in [-0.39, 0.29) is 18.0 Å². The molecule has 5 rings (SSSR count). The number of nitrogens with one attached hydrogen (secondary N) is 2. The minimum atomic E-state index is -0.203. The van der Waals surface area contributed by atoms with E-state index >= 15 is 0 Å². The number of ether oxygens (including phenoxy) is 2. The number of aromatic amines is 1. The molecule has 2 N–H and O–H groups in total. The lowest BCUT2D eigenvalue weighted by Gasteiger charge is -2.37. The zero-order chi connectivity index (χ0) is 31.4. The summed E-state index contributed by atoms with van der Waals surface area (Å²) in [6.07, 6.45) is 9.77. The fraction of sp³-hybridized carbons (Fsp3) is 0.500. The summed E-state index contributed by atoms with van der Waals surface area (Å²) < 4.78 is 11.4. The van der Waals surface area contributed by atoms with Gasteiger partial charge in [0.05, 0.1) is 12.7 Å². The van der Waals surface area contributed by atoms with Gasteiger partial charge in [0.2, 0.25) is 0 Å². The lowest BCUT2D eigenvalue weighted by Crippen LogP contribution is -2.40. The monoisotopic (exact) mass is 600 g/mol. The first-order valence-corrected chi connectivity index (χ1v) is 16.0. The van der Waals surface area contributed by atoms with Crippen LogP contribution in [0.4, 0.5) is 5.69 Å². The number of nitrogens with zero attached hydrogens (tertiary/aromatic N) is 2. The fourth-order valence-electron chi connectivity index (χ4n) is 6.86. The predicted molar refractivity (Wildman–Crippen MR) is 177 cm³/mol. The highest BCUT2D eigenvalue weighted by atomic mass is 16.5. The summed E-state index contributed by atoms with van der Waals surface area (Å²) >= 11 is 0. The fourth-order valence-corrected chi connectivity index (χ4v) is 6.86. The average Bonchev–Trinajstić information content (AvgIpc) is 3.64. The molecule has 2 aromatic rings. The number of hydrogen-bond donors (Lipinski definition) is 2. The van der Waals surface area contributed by atoms with Gasteiger partial charge in [-0.3, -0.25) is 14.5 Å². The molecule has 2 atom stereocenters. The Hall–Kier alpha value is -3.46. The van der Waals surface area contributed by atoms with E-state index in [1.165, 1.54) is 5.57 Å². The number of rotatable bonds is 11. The Morgan fingerprint density at radius 3 is 2.59 bits per heavy atom. The third-order valence-corrected chi connectivity index (χ3v) is 9.47. The first-order valence-electron chi connectivity index (χ1n) is 16.0. The molecule has 3 aliphatic heterocycles. The maximum atomic E-state index is 13.8. The van der Waals surface area contributed by atoms with Gasteiger partial charge in [0, 0.05) is 74.0 Å². The van der Waals surface area contributed by atoms with Crippen molar-refractivity contribution in [2.75, 3.05) is 44.4 Å². The highest BCUT2D eigenvalue weighted by Gasteiger charge is 2.38. The summed E-state index contributed by atoms with van der Waals surface area (Å²) in [4.78, 5) is 34.2. The van der Waals surface area contributed by atoms with E-state index in [1.54, 1.807) is 0 Å². The van der Waals surface area contributed by atoms with Gasteiger partial charge in [-0.15, -0.1) is 0 Å². The summed E-state index contributed by atoms with van der Waals surface area (Å²) in [5.74, 6) is -0.203. The van der Waals surface area contributed by atoms with Gasteiger partial charge in [0.25, 0.3) is 11.5 Å². The number of likely N-dealkylation sites (tertiary alicyclic amines) is 1. The Morgan fingerprint density at radius 1 is 1.18 bits per heavy atom. The molecular formula is C36H48N4O4. The number of allylic oxidation sites excluding steroid dienone is 3. The minimum Gasteiger partial charge on any atom is -0.381 e. The van der Waals surface area contributed by atoms with E-state index in [0.29, 0.717) is 29.3 Å². The Balaban J connectivity index is 1.42. The second-order valence-electron chi connectivity index (χ2n) is 12.4. The van der Waals surface area contributed by atoms with E-state index in [0.717, 1.165) is 92.4 Å². The number of benzene rings is 1. The van der Waals surface area contributed by atoms with Crippen LogP contribution in [0, 0.1) is 20.8 Å². The van der Waals surface area contributed by atoms with Crippen LogP contribution in [0.1, 0.15) is 71.4 Å². The Labute approximate surface area is 261 Å². The van der Waals surface area contributed by atoms with Crippen LogP contribution in [-0.4, -0.2) is 73.4 Å².